The average Bonchev–Trinajstić information content (AvgIpc) is 2.78. The predicted molar refractivity (Wildman–Crippen MR) is 134 cm³/mol. The van der Waals surface area contributed by atoms with Crippen LogP contribution in [0.25, 0.3) is 0 Å². The number of nitrogens with one attached hydrogen (secondary N) is 2. The summed E-state index contributed by atoms with van der Waals surface area (Å²) in [6.07, 6.45) is 1.88. The van der Waals surface area contributed by atoms with Crippen LogP contribution >= 0.6 is 24.0 Å². The molecule has 170 valence electrons. The molecule has 1 heterocycles. The molecule has 0 saturated carbocycles. The second-order valence-corrected chi connectivity index (χ2v) is 7.75. The molecule has 5 nitrogen and oxygen atoms in total. The van der Waals surface area contributed by atoms with Crippen LogP contribution in [-0.4, -0.2) is 39.4 Å². The molecule has 0 aromatic heterocycles. The van der Waals surface area contributed by atoms with Crippen molar-refractivity contribution in [3.05, 3.63) is 65.0 Å². The lowest BCUT2D eigenvalue weighted by atomic mass is 9.74. The summed E-state index contributed by atoms with van der Waals surface area (Å²) in [6, 6.07) is 13.6. The molecule has 0 bridgehead atoms. The predicted octanol–water partition coefficient (Wildman–Crippen LogP) is 4.56. The third-order valence-corrected chi connectivity index (χ3v) is 5.75. The van der Waals surface area contributed by atoms with Gasteiger partial charge in [-0.2, -0.15) is 0 Å². The molecular weight excluding hydrogens is 508 g/mol. The van der Waals surface area contributed by atoms with Gasteiger partial charge in [0, 0.05) is 31.7 Å². The van der Waals surface area contributed by atoms with Gasteiger partial charge in [-0.3, -0.25) is 0 Å². The lowest BCUT2D eigenvalue weighted by molar-refractivity contribution is 0.0513. The van der Waals surface area contributed by atoms with Crippen LogP contribution in [0.5, 0.6) is 5.75 Å². The van der Waals surface area contributed by atoms with Gasteiger partial charge in [0.15, 0.2) is 5.96 Å². The van der Waals surface area contributed by atoms with E-state index in [2.05, 4.69) is 27.8 Å². The maximum atomic E-state index is 13.8. The molecule has 0 atom stereocenters. The van der Waals surface area contributed by atoms with E-state index in [0.717, 1.165) is 56.4 Å². The summed E-state index contributed by atoms with van der Waals surface area (Å²) in [6.45, 7) is 7.21. The smallest absolute Gasteiger partial charge is 0.191 e. The van der Waals surface area contributed by atoms with E-state index in [0.29, 0.717) is 12.1 Å². The van der Waals surface area contributed by atoms with Gasteiger partial charge < -0.3 is 20.1 Å². The Kier molecular flexibility index (Phi) is 10.0. The third-order valence-electron chi connectivity index (χ3n) is 5.75. The van der Waals surface area contributed by atoms with E-state index in [-0.39, 0.29) is 35.2 Å². The first-order valence-corrected chi connectivity index (χ1v) is 10.6. The molecule has 0 radical (unpaired) electrons. The molecule has 3 rings (SSSR count). The molecule has 1 fully saturated rings. The lowest BCUT2D eigenvalue weighted by Gasteiger charge is -2.38. The summed E-state index contributed by atoms with van der Waals surface area (Å²) in [5, 5.41) is 6.81. The fourth-order valence-electron chi connectivity index (χ4n) is 3.77. The molecule has 0 unspecified atom stereocenters. The zero-order valence-electron chi connectivity index (χ0n) is 18.5. The third kappa shape index (κ3) is 6.80. The number of methoxy groups -OCH3 is 1. The molecule has 0 spiro atoms. The number of hydrogen-bond donors (Lipinski definition) is 2. The van der Waals surface area contributed by atoms with Gasteiger partial charge >= 0.3 is 0 Å². The maximum Gasteiger partial charge on any atom is 0.191 e. The first kappa shape index (κ1) is 25.4. The standard InChI is InChI=1S/C24H32FN3O2.HI/c1-4-26-23(27-16-19-6-5-18(2)22(25)15-19)28-17-24(11-13-30-14-12-24)20-7-9-21(29-3)10-8-20;/h5-10,15H,4,11-14,16-17H2,1-3H3,(H2,26,27,28);1H. The fraction of sp³-hybridized carbons (Fsp3) is 0.458. The molecule has 0 amide bonds. The molecule has 2 N–H and O–H groups in total. The fourth-order valence-corrected chi connectivity index (χ4v) is 3.77. The molecule has 0 aliphatic carbocycles. The van der Waals surface area contributed by atoms with Crippen LogP contribution in [0.15, 0.2) is 47.5 Å². The minimum absolute atomic E-state index is 0. The van der Waals surface area contributed by atoms with E-state index in [1.807, 2.05) is 25.1 Å². The second kappa shape index (κ2) is 12.2. The van der Waals surface area contributed by atoms with Gasteiger partial charge in [-0.25, -0.2) is 9.38 Å². The summed E-state index contributed by atoms with van der Waals surface area (Å²) in [5.41, 5.74) is 2.74. The minimum atomic E-state index is -0.193. The summed E-state index contributed by atoms with van der Waals surface area (Å²) in [5.74, 6) is 1.40. The van der Waals surface area contributed by atoms with Gasteiger partial charge in [0.25, 0.3) is 0 Å². The van der Waals surface area contributed by atoms with Gasteiger partial charge in [0.05, 0.1) is 13.7 Å². The zero-order valence-corrected chi connectivity index (χ0v) is 20.9. The highest BCUT2D eigenvalue weighted by Gasteiger charge is 2.34. The van der Waals surface area contributed by atoms with Crippen LogP contribution < -0.4 is 15.4 Å². The van der Waals surface area contributed by atoms with Gasteiger partial charge in [0.2, 0.25) is 0 Å². The Morgan fingerprint density at radius 1 is 1.13 bits per heavy atom. The second-order valence-electron chi connectivity index (χ2n) is 7.75. The zero-order chi connectivity index (χ0) is 21.4. The van der Waals surface area contributed by atoms with Crippen LogP contribution in [0.1, 0.15) is 36.5 Å². The van der Waals surface area contributed by atoms with E-state index in [1.54, 1.807) is 26.2 Å². The number of aryl methyl sites for hydroxylation is 1. The molecular formula is C24H33FIN3O2. The number of hydrogen-bond acceptors (Lipinski definition) is 3. The number of ether oxygens (including phenoxy) is 2. The largest absolute Gasteiger partial charge is 0.497 e. The highest BCUT2D eigenvalue weighted by atomic mass is 127. The Hall–Kier alpha value is -1.87. The van der Waals surface area contributed by atoms with Gasteiger partial charge in [-0.1, -0.05) is 24.3 Å². The van der Waals surface area contributed by atoms with Crippen LogP contribution in [0, 0.1) is 12.7 Å². The molecule has 31 heavy (non-hydrogen) atoms. The highest BCUT2D eigenvalue weighted by Crippen LogP contribution is 2.35. The van der Waals surface area contributed by atoms with Crippen LogP contribution in [0.2, 0.25) is 0 Å². The summed E-state index contributed by atoms with van der Waals surface area (Å²) < 4.78 is 24.8. The van der Waals surface area contributed by atoms with E-state index in [4.69, 9.17) is 9.47 Å². The quantitative estimate of drug-likeness (QED) is 0.307. The number of guanidine groups is 1. The Bertz CT molecular complexity index is 852. The van der Waals surface area contributed by atoms with E-state index >= 15 is 0 Å². The Morgan fingerprint density at radius 2 is 1.84 bits per heavy atom. The highest BCUT2D eigenvalue weighted by molar-refractivity contribution is 14.0. The van der Waals surface area contributed by atoms with Crippen molar-refractivity contribution in [2.45, 2.75) is 38.6 Å². The van der Waals surface area contributed by atoms with Crippen molar-refractivity contribution in [2.24, 2.45) is 4.99 Å². The van der Waals surface area contributed by atoms with E-state index < -0.39 is 0 Å². The van der Waals surface area contributed by atoms with Crippen LogP contribution in [0.4, 0.5) is 4.39 Å². The summed E-state index contributed by atoms with van der Waals surface area (Å²) in [7, 11) is 1.68. The number of aliphatic imine (C=N–C) groups is 1. The first-order valence-electron chi connectivity index (χ1n) is 10.6. The first-order chi connectivity index (χ1) is 14.6. The van der Waals surface area contributed by atoms with Crippen molar-refractivity contribution in [3.63, 3.8) is 0 Å². The van der Waals surface area contributed by atoms with Crippen molar-refractivity contribution < 1.29 is 13.9 Å². The lowest BCUT2D eigenvalue weighted by Crippen LogP contribution is -2.48. The molecule has 7 heteroatoms. The summed E-state index contributed by atoms with van der Waals surface area (Å²) >= 11 is 0. The minimum Gasteiger partial charge on any atom is -0.497 e. The van der Waals surface area contributed by atoms with Crippen molar-refractivity contribution in [2.75, 3.05) is 33.4 Å². The number of benzene rings is 2. The average molecular weight is 541 g/mol. The summed E-state index contributed by atoms with van der Waals surface area (Å²) in [4.78, 5) is 4.67. The number of rotatable bonds is 7. The van der Waals surface area contributed by atoms with Gasteiger partial charge in [0.1, 0.15) is 11.6 Å². The number of nitrogens with zero attached hydrogens (tertiary/aromatic N) is 1. The molecule has 2 aromatic carbocycles. The van der Waals surface area contributed by atoms with E-state index in [9.17, 15) is 4.39 Å². The van der Waals surface area contributed by atoms with Gasteiger partial charge in [-0.05, 0) is 61.6 Å². The molecule has 2 aromatic rings. The van der Waals surface area contributed by atoms with E-state index in [1.165, 1.54) is 5.56 Å². The Labute approximate surface area is 201 Å². The van der Waals surface area contributed by atoms with Crippen molar-refractivity contribution in [3.8, 4) is 5.75 Å². The molecule has 1 aliphatic heterocycles. The van der Waals surface area contributed by atoms with Crippen molar-refractivity contribution in [1.29, 1.82) is 0 Å². The number of halogens is 2. The topological polar surface area (TPSA) is 54.9 Å². The van der Waals surface area contributed by atoms with Gasteiger partial charge in [-0.15, -0.1) is 24.0 Å². The Balaban J connectivity index is 0.00000341. The monoisotopic (exact) mass is 541 g/mol. The SMILES string of the molecule is CCNC(=NCc1ccc(C)c(F)c1)NCC1(c2ccc(OC)cc2)CCOCC1.I. The van der Waals surface area contributed by atoms with Crippen LogP contribution in [-0.2, 0) is 16.7 Å². The van der Waals surface area contributed by atoms with Crippen molar-refractivity contribution in [1.82, 2.24) is 10.6 Å². The molecule has 1 saturated heterocycles. The normalized spacial score (nSPS) is 15.7. The van der Waals surface area contributed by atoms with Crippen LogP contribution in [0.3, 0.4) is 0 Å². The molecule has 1 aliphatic rings. The maximum absolute atomic E-state index is 13.8. The Morgan fingerprint density at radius 3 is 2.45 bits per heavy atom. The van der Waals surface area contributed by atoms with Crippen molar-refractivity contribution >= 4 is 29.9 Å².